The molecule has 228 valence electrons. The monoisotopic (exact) mass is 593 g/mol. The summed E-state index contributed by atoms with van der Waals surface area (Å²) in [5, 5.41) is 1.89. The summed E-state index contributed by atoms with van der Waals surface area (Å²) >= 11 is 0. The fourth-order valence-electron chi connectivity index (χ4n) is 6.44. The van der Waals surface area contributed by atoms with Crippen molar-refractivity contribution in [3.63, 3.8) is 0 Å². The van der Waals surface area contributed by atoms with Gasteiger partial charge in [-0.05, 0) is 48.9 Å². The van der Waals surface area contributed by atoms with Gasteiger partial charge in [0, 0.05) is 37.3 Å². The predicted octanol–water partition coefficient (Wildman–Crippen LogP) is 6.71. The highest BCUT2D eigenvalue weighted by Gasteiger charge is 2.46. The molecule has 1 atom stereocenters. The molecule has 5 rings (SSSR count). The fourth-order valence-corrected chi connectivity index (χ4v) is 6.44. The molecule has 43 heavy (non-hydrogen) atoms. The topological polar surface area (TPSA) is 61.9 Å². The summed E-state index contributed by atoms with van der Waals surface area (Å²) < 4.78 is 44.4. The normalized spacial score (nSPS) is 16.7. The number of amides is 2. The zero-order chi connectivity index (χ0) is 30.5. The van der Waals surface area contributed by atoms with Crippen molar-refractivity contribution in [1.82, 2.24) is 15.1 Å². The number of alkyl carbamates (subject to hydrolysis) is 1. The van der Waals surface area contributed by atoms with Crippen molar-refractivity contribution in [2.45, 2.75) is 50.3 Å². The molecule has 0 bridgehead atoms. The quantitative estimate of drug-likeness (QED) is 0.266. The lowest BCUT2D eigenvalue weighted by Gasteiger charge is -2.37. The summed E-state index contributed by atoms with van der Waals surface area (Å²) in [5.74, 6) is 0.0456. The van der Waals surface area contributed by atoms with Crippen LogP contribution in [0, 0.1) is 0 Å². The lowest BCUT2D eigenvalue weighted by molar-refractivity contribution is -0.134. The second-order valence-electron chi connectivity index (χ2n) is 11.3. The first-order valence-corrected chi connectivity index (χ1v) is 15.0. The van der Waals surface area contributed by atoms with Crippen molar-refractivity contribution in [2.75, 3.05) is 39.3 Å². The van der Waals surface area contributed by atoms with Crippen LogP contribution in [-0.2, 0) is 15.1 Å². The van der Waals surface area contributed by atoms with Gasteiger partial charge in [-0.3, -0.25) is 9.69 Å². The minimum absolute atomic E-state index is 0.130. The number of carbonyl (C=O) groups is 2. The molecule has 0 spiro atoms. The lowest BCUT2D eigenvalue weighted by Crippen LogP contribution is -2.50. The zero-order valence-electron chi connectivity index (χ0n) is 24.4. The predicted molar refractivity (Wildman–Crippen MR) is 160 cm³/mol. The van der Waals surface area contributed by atoms with Crippen LogP contribution in [-0.4, -0.2) is 67.2 Å². The molecule has 3 aromatic rings. The van der Waals surface area contributed by atoms with Crippen LogP contribution < -0.4 is 5.32 Å². The van der Waals surface area contributed by atoms with E-state index in [1.54, 1.807) is 0 Å². The summed E-state index contributed by atoms with van der Waals surface area (Å²) in [6.07, 6.45) is -2.92. The average molecular weight is 594 g/mol. The summed E-state index contributed by atoms with van der Waals surface area (Å²) in [6, 6.07) is 25.1. The van der Waals surface area contributed by atoms with E-state index in [9.17, 15) is 22.8 Å². The van der Waals surface area contributed by atoms with Gasteiger partial charge in [0.25, 0.3) is 0 Å². The Morgan fingerprint density at radius 3 is 2.02 bits per heavy atom. The van der Waals surface area contributed by atoms with Gasteiger partial charge in [-0.15, -0.1) is 0 Å². The molecule has 1 aliphatic heterocycles. The van der Waals surface area contributed by atoms with Gasteiger partial charge in [0.15, 0.2) is 5.60 Å². The summed E-state index contributed by atoms with van der Waals surface area (Å²) in [5.41, 5.74) is 3.28. The number of benzene rings is 3. The minimum atomic E-state index is -4.54. The van der Waals surface area contributed by atoms with Crippen LogP contribution in [0.15, 0.2) is 78.9 Å². The maximum Gasteiger partial charge on any atom is 0.408 e. The van der Waals surface area contributed by atoms with Crippen LogP contribution in [0.1, 0.15) is 55.2 Å². The van der Waals surface area contributed by atoms with Gasteiger partial charge < -0.3 is 15.0 Å². The molecule has 6 nitrogen and oxygen atoms in total. The number of alkyl halides is 3. The van der Waals surface area contributed by atoms with E-state index in [4.69, 9.17) is 4.74 Å². The molecule has 1 aliphatic carbocycles. The van der Waals surface area contributed by atoms with E-state index in [-0.39, 0.29) is 11.8 Å². The second kappa shape index (κ2) is 13.2. The number of halogens is 3. The molecule has 1 saturated heterocycles. The number of carbonyl (C=O) groups excluding carboxylic acids is 2. The molecule has 3 aromatic carbocycles. The van der Waals surface area contributed by atoms with E-state index >= 15 is 0 Å². The minimum Gasteiger partial charge on any atom is -0.433 e. The standard InChI is InChI=1S/C34H38F3N3O3/c1-2-26(25-12-4-3-5-13-25)31(41)40-22-20-39(21-23-40)19-11-10-18-33(43-32(42)38-24-34(35,36)37)29-16-8-6-14-27(29)28-15-7-9-17-30(28)33/h3-9,12-17,26H,2,10-11,18-24H2,1H3,(H,38,42). The van der Waals surface area contributed by atoms with Crippen molar-refractivity contribution in [3.8, 4) is 11.1 Å². The van der Waals surface area contributed by atoms with Crippen LogP contribution in [0.25, 0.3) is 11.1 Å². The molecule has 2 amide bonds. The number of ether oxygens (including phenoxy) is 1. The SMILES string of the molecule is CCC(C(=O)N1CCN(CCCCC2(OC(=O)NCC(F)(F)F)c3ccccc3-c3ccccc32)CC1)c1ccccc1. The first kappa shape index (κ1) is 30.6. The molecule has 0 aromatic heterocycles. The van der Waals surface area contributed by atoms with Gasteiger partial charge in [-0.1, -0.05) is 85.8 Å². The molecule has 1 N–H and O–H groups in total. The number of unbranched alkanes of at least 4 members (excludes halogenated alkanes) is 1. The Balaban J connectivity index is 1.21. The van der Waals surface area contributed by atoms with Crippen molar-refractivity contribution < 1.29 is 27.5 Å². The first-order chi connectivity index (χ1) is 20.7. The molecule has 2 aliphatic rings. The van der Waals surface area contributed by atoms with Gasteiger partial charge >= 0.3 is 12.3 Å². The zero-order valence-corrected chi connectivity index (χ0v) is 24.4. The average Bonchev–Trinajstić information content (AvgIpc) is 3.29. The highest BCUT2D eigenvalue weighted by atomic mass is 19.4. The third-order valence-electron chi connectivity index (χ3n) is 8.56. The molecule has 1 heterocycles. The van der Waals surface area contributed by atoms with Gasteiger partial charge in [-0.2, -0.15) is 13.2 Å². The number of hydrogen-bond acceptors (Lipinski definition) is 4. The first-order valence-electron chi connectivity index (χ1n) is 15.0. The van der Waals surface area contributed by atoms with Crippen LogP contribution in [0.3, 0.4) is 0 Å². The molecular weight excluding hydrogens is 555 g/mol. The third kappa shape index (κ3) is 6.88. The maximum absolute atomic E-state index is 13.3. The smallest absolute Gasteiger partial charge is 0.408 e. The van der Waals surface area contributed by atoms with E-state index < -0.39 is 24.4 Å². The Bertz CT molecular complexity index is 1360. The Labute approximate surface area is 250 Å². The third-order valence-corrected chi connectivity index (χ3v) is 8.56. The molecule has 0 radical (unpaired) electrons. The van der Waals surface area contributed by atoms with E-state index in [0.717, 1.165) is 60.3 Å². The van der Waals surface area contributed by atoms with Gasteiger partial charge in [0.1, 0.15) is 6.54 Å². The number of fused-ring (bicyclic) bond motifs is 3. The van der Waals surface area contributed by atoms with Crippen molar-refractivity contribution in [3.05, 3.63) is 95.6 Å². The molecule has 0 saturated carbocycles. The molecule has 9 heteroatoms. The molecule has 1 unspecified atom stereocenters. The Morgan fingerprint density at radius 2 is 1.44 bits per heavy atom. The van der Waals surface area contributed by atoms with E-state index in [0.29, 0.717) is 25.9 Å². The van der Waals surface area contributed by atoms with Gasteiger partial charge in [-0.25, -0.2) is 4.79 Å². The van der Waals surface area contributed by atoms with E-state index in [1.807, 2.05) is 96.0 Å². The van der Waals surface area contributed by atoms with Crippen molar-refractivity contribution >= 4 is 12.0 Å². The Kier molecular flexibility index (Phi) is 9.40. The number of nitrogens with one attached hydrogen (secondary N) is 1. The second-order valence-corrected chi connectivity index (χ2v) is 11.3. The summed E-state index contributed by atoms with van der Waals surface area (Å²) in [4.78, 5) is 30.3. The van der Waals surface area contributed by atoms with Gasteiger partial charge in [0.2, 0.25) is 5.91 Å². The largest absolute Gasteiger partial charge is 0.433 e. The van der Waals surface area contributed by atoms with E-state index in [1.165, 1.54) is 0 Å². The van der Waals surface area contributed by atoms with Crippen molar-refractivity contribution in [2.24, 2.45) is 0 Å². The van der Waals surface area contributed by atoms with Gasteiger partial charge in [0.05, 0.1) is 5.92 Å². The van der Waals surface area contributed by atoms with Crippen molar-refractivity contribution in [1.29, 1.82) is 0 Å². The number of nitrogens with zero attached hydrogens (tertiary/aromatic N) is 2. The van der Waals surface area contributed by atoms with E-state index in [2.05, 4.69) is 4.90 Å². The number of rotatable bonds is 10. The molecular formula is C34H38F3N3O3. The fraction of sp³-hybridized carbons (Fsp3) is 0.412. The van der Waals surface area contributed by atoms with Crippen LogP contribution in [0.5, 0.6) is 0 Å². The Morgan fingerprint density at radius 1 is 0.860 bits per heavy atom. The summed E-state index contributed by atoms with van der Waals surface area (Å²) in [6.45, 7) is 4.32. The lowest BCUT2D eigenvalue weighted by atomic mass is 9.86. The van der Waals surface area contributed by atoms with Crippen LogP contribution in [0.2, 0.25) is 0 Å². The highest BCUT2D eigenvalue weighted by Crippen LogP contribution is 2.52. The number of piperazine rings is 1. The summed E-state index contributed by atoms with van der Waals surface area (Å²) in [7, 11) is 0. The molecule has 1 fully saturated rings. The highest BCUT2D eigenvalue weighted by molar-refractivity contribution is 5.84. The Hall–Kier alpha value is -3.85. The van der Waals surface area contributed by atoms with Crippen LogP contribution >= 0.6 is 0 Å². The number of hydrogen-bond donors (Lipinski definition) is 1. The van der Waals surface area contributed by atoms with Crippen LogP contribution in [0.4, 0.5) is 18.0 Å². The maximum atomic E-state index is 13.3.